The molecule has 1 N–H and O–H groups in total. The number of pyridine rings is 1. The number of rotatable bonds is 8. The standard InChI is InChI=1S/C20H23ClN6O2S/c1-4-26(5-2)30(28,29)17-11-12-19(22-13-17)24-23-14-18-15(3)25-27(20(18)21)16-9-7-6-8-10-16/h6-14H,4-5H2,1-3H3,(H,22,24)/b23-14+. The first kappa shape index (κ1) is 21.9. The first-order valence-electron chi connectivity index (χ1n) is 9.44. The van der Waals surface area contributed by atoms with E-state index in [2.05, 4.69) is 20.6 Å². The zero-order valence-electron chi connectivity index (χ0n) is 16.9. The molecule has 0 spiro atoms. The predicted octanol–water partition coefficient (Wildman–Crippen LogP) is 3.71. The number of anilines is 1. The van der Waals surface area contributed by atoms with Crippen LogP contribution in [0.15, 0.2) is 58.7 Å². The highest BCUT2D eigenvalue weighted by atomic mass is 35.5. The van der Waals surface area contributed by atoms with Gasteiger partial charge in [0.15, 0.2) is 0 Å². The van der Waals surface area contributed by atoms with Crippen LogP contribution in [0.25, 0.3) is 5.69 Å². The largest absolute Gasteiger partial charge is 0.261 e. The van der Waals surface area contributed by atoms with Crippen LogP contribution in [-0.4, -0.2) is 46.8 Å². The van der Waals surface area contributed by atoms with E-state index in [0.717, 1.165) is 11.4 Å². The average Bonchev–Trinajstić information content (AvgIpc) is 3.04. The summed E-state index contributed by atoms with van der Waals surface area (Å²) in [4.78, 5) is 4.28. The molecule has 0 bridgehead atoms. The SMILES string of the molecule is CCN(CC)S(=O)(=O)c1ccc(N/N=C/c2c(C)nn(-c3ccccc3)c2Cl)nc1. The van der Waals surface area contributed by atoms with Crippen LogP contribution in [0.1, 0.15) is 25.1 Å². The Morgan fingerprint density at radius 3 is 2.47 bits per heavy atom. The van der Waals surface area contributed by atoms with E-state index < -0.39 is 10.0 Å². The minimum Gasteiger partial charge on any atom is -0.261 e. The van der Waals surface area contributed by atoms with E-state index >= 15 is 0 Å². The fourth-order valence-electron chi connectivity index (χ4n) is 2.87. The molecule has 30 heavy (non-hydrogen) atoms. The summed E-state index contributed by atoms with van der Waals surface area (Å²) in [6.07, 6.45) is 2.88. The number of hydrogen-bond acceptors (Lipinski definition) is 6. The third-order valence-corrected chi connectivity index (χ3v) is 6.90. The monoisotopic (exact) mass is 446 g/mol. The number of aromatic nitrogens is 3. The normalized spacial score (nSPS) is 12.0. The van der Waals surface area contributed by atoms with Crippen molar-refractivity contribution in [3.05, 3.63) is 65.1 Å². The van der Waals surface area contributed by atoms with Gasteiger partial charge in [-0.2, -0.15) is 14.5 Å². The van der Waals surface area contributed by atoms with Crippen LogP contribution in [0.4, 0.5) is 5.82 Å². The molecule has 0 unspecified atom stereocenters. The molecular weight excluding hydrogens is 424 g/mol. The van der Waals surface area contributed by atoms with Crippen LogP contribution < -0.4 is 5.43 Å². The number of halogens is 1. The highest BCUT2D eigenvalue weighted by Gasteiger charge is 2.21. The number of nitrogens with zero attached hydrogens (tertiary/aromatic N) is 5. The Balaban J connectivity index is 1.74. The van der Waals surface area contributed by atoms with Crippen molar-refractivity contribution in [2.45, 2.75) is 25.7 Å². The lowest BCUT2D eigenvalue weighted by molar-refractivity contribution is 0.445. The molecule has 158 valence electrons. The second kappa shape index (κ2) is 9.38. The molecule has 2 heterocycles. The molecule has 0 fully saturated rings. The van der Waals surface area contributed by atoms with E-state index in [0.29, 0.717) is 29.6 Å². The van der Waals surface area contributed by atoms with Gasteiger partial charge in [0.25, 0.3) is 0 Å². The zero-order valence-corrected chi connectivity index (χ0v) is 18.5. The lowest BCUT2D eigenvalue weighted by Crippen LogP contribution is -2.30. The molecule has 0 amide bonds. The fourth-order valence-corrected chi connectivity index (χ4v) is 4.60. The quantitative estimate of drug-likeness (QED) is 0.420. The van der Waals surface area contributed by atoms with Gasteiger partial charge in [-0.1, -0.05) is 43.6 Å². The minimum absolute atomic E-state index is 0.142. The number of para-hydroxylation sites is 1. The average molecular weight is 447 g/mol. The Hall–Kier alpha value is -2.75. The first-order valence-corrected chi connectivity index (χ1v) is 11.3. The van der Waals surface area contributed by atoms with Crippen LogP contribution in [-0.2, 0) is 10.0 Å². The van der Waals surface area contributed by atoms with Crippen LogP contribution in [0.2, 0.25) is 5.15 Å². The van der Waals surface area contributed by atoms with Gasteiger partial charge in [-0.25, -0.2) is 18.1 Å². The Morgan fingerprint density at radius 1 is 1.17 bits per heavy atom. The Bertz CT molecular complexity index is 1120. The Labute approximate surface area is 181 Å². The van der Waals surface area contributed by atoms with E-state index in [4.69, 9.17) is 11.6 Å². The van der Waals surface area contributed by atoms with Gasteiger partial charge < -0.3 is 0 Å². The van der Waals surface area contributed by atoms with E-state index in [-0.39, 0.29) is 4.90 Å². The van der Waals surface area contributed by atoms with Crippen molar-refractivity contribution >= 4 is 33.7 Å². The summed E-state index contributed by atoms with van der Waals surface area (Å²) in [6.45, 7) is 6.25. The molecule has 1 aromatic carbocycles. The van der Waals surface area contributed by atoms with E-state index in [9.17, 15) is 8.42 Å². The van der Waals surface area contributed by atoms with Crippen molar-refractivity contribution in [1.29, 1.82) is 0 Å². The van der Waals surface area contributed by atoms with Crippen molar-refractivity contribution in [1.82, 2.24) is 19.1 Å². The van der Waals surface area contributed by atoms with Crippen molar-refractivity contribution < 1.29 is 8.42 Å². The molecule has 0 aliphatic carbocycles. The third kappa shape index (κ3) is 4.53. The van der Waals surface area contributed by atoms with Crippen LogP contribution in [0.3, 0.4) is 0 Å². The molecule has 10 heteroatoms. The third-order valence-electron chi connectivity index (χ3n) is 4.50. The lowest BCUT2D eigenvalue weighted by atomic mass is 10.3. The summed E-state index contributed by atoms with van der Waals surface area (Å²) >= 11 is 6.47. The number of hydrogen-bond donors (Lipinski definition) is 1. The molecule has 3 rings (SSSR count). The maximum atomic E-state index is 12.5. The molecular formula is C20H23ClN6O2S. The second-order valence-electron chi connectivity index (χ2n) is 6.38. The second-order valence-corrected chi connectivity index (χ2v) is 8.67. The van der Waals surface area contributed by atoms with E-state index in [1.54, 1.807) is 30.8 Å². The van der Waals surface area contributed by atoms with Gasteiger partial charge >= 0.3 is 0 Å². The van der Waals surface area contributed by atoms with Crippen molar-refractivity contribution in [3.8, 4) is 5.69 Å². The van der Waals surface area contributed by atoms with E-state index in [1.165, 1.54) is 16.6 Å². The van der Waals surface area contributed by atoms with Gasteiger partial charge in [-0.3, -0.25) is 5.43 Å². The number of sulfonamides is 1. The van der Waals surface area contributed by atoms with Gasteiger partial charge in [-0.15, -0.1) is 0 Å². The van der Waals surface area contributed by atoms with Gasteiger partial charge in [0.1, 0.15) is 15.9 Å². The fraction of sp³-hybridized carbons (Fsp3) is 0.250. The number of aryl methyl sites for hydroxylation is 1. The molecule has 0 atom stereocenters. The summed E-state index contributed by atoms with van der Waals surface area (Å²) in [5, 5.41) is 9.06. The zero-order chi connectivity index (χ0) is 21.7. The molecule has 0 saturated heterocycles. The van der Waals surface area contributed by atoms with Crippen molar-refractivity contribution in [2.75, 3.05) is 18.5 Å². The number of benzene rings is 1. The summed E-state index contributed by atoms with van der Waals surface area (Å²) in [5.74, 6) is 0.411. The predicted molar refractivity (Wildman–Crippen MR) is 119 cm³/mol. The van der Waals surface area contributed by atoms with E-state index in [1.807, 2.05) is 37.3 Å². The summed E-state index contributed by atoms with van der Waals surface area (Å²) in [7, 11) is -3.54. The van der Waals surface area contributed by atoms with Gasteiger partial charge in [0.2, 0.25) is 10.0 Å². The van der Waals surface area contributed by atoms with Crippen LogP contribution in [0, 0.1) is 6.92 Å². The van der Waals surface area contributed by atoms with Gasteiger partial charge in [0.05, 0.1) is 23.2 Å². The molecule has 0 radical (unpaired) electrons. The molecule has 0 aliphatic heterocycles. The molecule has 2 aromatic heterocycles. The van der Waals surface area contributed by atoms with Crippen molar-refractivity contribution in [3.63, 3.8) is 0 Å². The smallest absolute Gasteiger partial charge is 0.244 e. The molecule has 3 aromatic rings. The molecule has 0 aliphatic rings. The summed E-state index contributed by atoms with van der Waals surface area (Å²) in [6, 6.07) is 12.6. The van der Waals surface area contributed by atoms with Gasteiger partial charge in [0, 0.05) is 19.3 Å². The lowest BCUT2D eigenvalue weighted by Gasteiger charge is -2.18. The summed E-state index contributed by atoms with van der Waals surface area (Å²) in [5.41, 5.74) is 5.04. The summed E-state index contributed by atoms with van der Waals surface area (Å²) < 4.78 is 28.0. The maximum absolute atomic E-state index is 12.5. The van der Waals surface area contributed by atoms with Crippen LogP contribution in [0.5, 0.6) is 0 Å². The Morgan fingerprint density at radius 2 is 1.87 bits per heavy atom. The topological polar surface area (TPSA) is 92.5 Å². The maximum Gasteiger partial charge on any atom is 0.244 e. The van der Waals surface area contributed by atoms with Gasteiger partial charge in [-0.05, 0) is 31.2 Å². The van der Waals surface area contributed by atoms with Crippen molar-refractivity contribution in [2.24, 2.45) is 5.10 Å². The highest BCUT2D eigenvalue weighted by molar-refractivity contribution is 7.89. The number of hydrazone groups is 1. The van der Waals surface area contributed by atoms with Crippen LogP contribution >= 0.6 is 11.6 Å². The Kier molecular flexibility index (Phi) is 6.86. The first-order chi connectivity index (χ1) is 14.4. The number of nitrogens with one attached hydrogen (secondary N) is 1. The minimum atomic E-state index is -3.54. The molecule has 8 nitrogen and oxygen atoms in total. The molecule has 0 saturated carbocycles. The highest BCUT2D eigenvalue weighted by Crippen LogP contribution is 2.22.